The Morgan fingerprint density at radius 2 is 1.84 bits per heavy atom. The van der Waals surface area contributed by atoms with Crippen LogP contribution in [0.25, 0.3) is 11.1 Å². The second-order valence-electron chi connectivity index (χ2n) is 13.9. The summed E-state index contributed by atoms with van der Waals surface area (Å²) in [6, 6.07) is 8.22. The number of ether oxygens (including phenoxy) is 2. The van der Waals surface area contributed by atoms with Gasteiger partial charge in [-0.15, -0.1) is 0 Å². The van der Waals surface area contributed by atoms with Gasteiger partial charge in [-0.05, 0) is 56.5 Å². The summed E-state index contributed by atoms with van der Waals surface area (Å²) in [5.41, 5.74) is 8.70. The van der Waals surface area contributed by atoms with Gasteiger partial charge in [0.1, 0.15) is 18.0 Å². The van der Waals surface area contributed by atoms with Crippen molar-refractivity contribution in [2.75, 3.05) is 43.9 Å². The Labute approximate surface area is 336 Å². The molecule has 4 N–H and O–H groups in total. The van der Waals surface area contributed by atoms with Gasteiger partial charge in [0.15, 0.2) is 11.6 Å². The van der Waals surface area contributed by atoms with Gasteiger partial charge >= 0.3 is 0 Å². The number of nitrogens with zero attached hydrogens (tertiary/aromatic N) is 5. The highest BCUT2D eigenvalue weighted by atomic mass is 35.5. The summed E-state index contributed by atoms with van der Waals surface area (Å²) in [5, 5.41) is 10.0. The molecule has 15 nitrogen and oxygen atoms in total. The van der Waals surface area contributed by atoms with E-state index in [9.17, 15) is 28.4 Å². The minimum Gasteiger partial charge on any atom is -0.482 e. The lowest BCUT2D eigenvalue weighted by Crippen LogP contribution is -2.54. The maximum Gasteiger partial charge on any atom is 0.264 e. The SMILES string of the molecule is C[C@@H](Oc1cc(-c2cnn(C3CCN(C(=O)CCOCCNc4cccc5c4C(=O)N(C4CCC(=O)NC4=O)C5=O)CC3)c2)cnc1N)c1c(Cl)ccc(F)c1Cl. The van der Waals surface area contributed by atoms with Crippen LogP contribution in [-0.2, 0) is 19.1 Å². The lowest BCUT2D eigenvalue weighted by atomic mass is 10.0. The number of hydrogen-bond donors (Lipinski definition) is 3. The lowest BCUT2D eigenvalue weighted by molar-refractivity contribution is -0.136. The van der Waals surface area contributed by atoms with E-state index in [0.29, 0.717) is 49.3 Å². The Bertz CT molecular complexity index is 2250. The van der Waals surface area contributed by atoms with E-state index in [4.69, 9.17) is 38.4 Å². The van der Waals surface area contributed by atoms with Gasteiger partial charge in [0.2, 0.25) is 17.7 Å². The van der Waals surface area contributed by atoms with Gasteiger partial charge in [-0.1, -0.05) is 29.3 Å². The first-order valence-electron chi connectivity index (χ1n) is 18.4. The van der Waals surface area contributed by atoms with Crippen molar-refractivity contribution in [1.29, 1.82) is 0 Å². The number of nitrogen functional groups attached to an aromatic ring is 1. The molecule has 2 fully saturated rings. The Morgan fingerprint density at radius 1 is 1.05 bits per heavy atom. The fraction of sp³-hybridized carbons (Fsp3) is 0.359. The summed E-state index contributed by atoms with van der Waals surface area (Å²) in [4.78, 5) is 70.3. The number of fused-ring (bicyclic) bond motifs is 1. The van der Waals surface area contributed by atoms with E-state index >= 15 is 0 Å². The minimum absolute atomic E-state index is 0.0170. The van der Waals surface area contributed by atoms with Crippen molar-refractivity contribution in [2.24, 2.45) is 0 Å². The molecule has 3 aliphatic heterocycles. The molecule has 0 spiro atoms. The molecule has 5 amide bonds. The maximum absolute atomic E-state index is 14.1. The molecule has 3 aliphatic rings. The number of pyridine rings is 1. The van der Waals surface area contributed by atoms with Gasteiger partial charge in [0.25, 0.3) is 11.8 Å². The zero-order valence-corrected chi connectivity index (χ0v) is 32.3. The summed E-state index contributed by atoms with van der Waals surface area (Å²) in [5.74, 6) is -2.47. The number of nitrogens with one attached hydrogen (secondary N) is 2. The third kappa shape index (κ3) is 8.29. The number of imide groups is 2. The fourth-order valence-corrected chi connectivity index (χ4v) is 7.96. The van der Waals surface area contributed by atoms with Gasteiger partial charge in [0.05, 0.1) is 48.0 Å². The molecule has 2 aromatic heterocycles. The van der Waals surface area contributed by atoms with Crippen LogP contribution in [0.4, 0.5) is 15.9 Å². The van der Waals surface area contributed by atoms with Crippen LogP contribution in [0.15, 0.2) is 55.0 Å². The Hall–Kier alpha value is -5.58. The average Bonchev–Trinajstić information content (AvgIpc) is 3.79. The first-order chi connectivity index (χ1) is 27.4. The van der Waals surface area contributed by atoms with Crippen molar-refractivity contribution >= 4 is 64.2 Å². The standard InChI is InChI=1S/C39H39Cl2FN8O7/c1-21(33-26(40)5-6-27(42)35(33)41)57-30-17-22(18-45-36(30)43)23-19-46-49(20-23)24-9-13-48(14-10-24)32(52)11-15-56-16-12-44-28-4-2-3-25-34(28)39(55)50(38(25)54)29-7-8-31(51)47-37(29)53/h2-6,17-21,24,29,44H,7-16H2,1H3,(H2,43,45)(H,47,51,53)/t21-,29?/m1/s1. The number of aromatic nitrogens is 3. The average molecular weight is 822 g/mol. The van der Waals surface area contributed by atoms with E-state index in [1.807, 2.05) is 15.8 Å². The molecule has 1 unspecified atom stereocenters. The quantitative estimate of drug-likeness (QED) is 0.0914. The van der Waals surface area contributed by atoms with E-state index < -0.39 is 41.6 Å². The van der Waals surface area contributed by atoms with E-state index in [-0.39, 0.29) is 77.2 Å². The summed E-state index contributed by atoms with van der Waals surface area (Å²) in [7, 11) is 0. The number of likely N-dealkylation sites (tertiary alicyclic amines) is 1. The van der Waals surface area contributed by atoms with Crippen molar-refractivity contribution in [3.05, 3.63) is 87.5 Å². The molecular formula is C39H39Cl2FN8O7. The predicted octanol–water partition coefficient (Wildman–Crippen LogP) is 5.20. The highest BCUT2D eigenvalue weighted by Gasteiger charge is 2.45. The predicted molar refractivity (Wildman–Crippen MR) is 207 cm³/mol. The normalized spacial score (nSPS) is 17.8. The molecule has 2 saturated heterocycles. The number of rotatable bonds is 13. The Balaban J connectivity index is 0.851. The molecule has 2 aromatic carbocycles. The first kappa shape index (κ1) is 39.6. The van der Waals surface area contributed by atoms with Crippen molar-refractivity contribution < 1.29 is 37.8 Å². The van der Waals surface area contributed by atoms with Crippen LogP contribution < -0.4 is 21.1 Å². The minimum atomic E-state index is -1.05. The van der Waals surface area contributed by atoms with Crippen molar-refractivity contribution in [3.63, 3.8) is 0 Å². The van der Waals surface area contributed by atoms with Gasteiger partial charge in [-0.2, -0.15) is 5.10 Å². The van der Waals surface area contributed by atoms with Gasteiger partial charge in [-0.3, -0.25) is 38.9 Å². The van der Waals surface area contributed by atoms with Crippen LogP contribution in [-0.4, -0.2) is 93.0 Å². The van der Waals surface area contributed by atoms with Gasteiger partial charge < -0.3 is 25.4 Å². The zero-order chi connectivity index (χ0) is 40.4. The summed E-state index contributed by atoms with van der Waals surface area (Å²) >= 11 is 12.5. The third-order valence-electron chi connectivity index (χ3n) is 10.3. The van der Waals surface area contributed by atoms with Crippen molar-refractivity contribution in [1.82, 2.24) is 29.9 Å². The smallest absolute Gasteiger partial charge is 0.264 e. The molecule has 298 valence electrons. The summed E-state index contributed by atoms with van der Waals surface area (Å²) in [6.07, 6.45) is 6.28. The van der Waals surface area contributed by atoms with Crippen LogP contribution in [0.1, 0.15) is 77.5 Å². The van der Waals surface area contributed by atoms with Crippen LogP contribution in [0.2, 0.25) is 10.0 Å². The number of hydrogen-bond acceptors (Lipinski definition) is 11. The number of anilines is 2. The van der Waals surface area contributed by atoms with Gasteiger partial charge in [0, 0.05) is 65.8 Å². The number of halogens is 3. The van der Waals surface area contributed by atoms with Crippen LogP contribution in [0, 0.1) is 5.82 Å². The number of amides is 5. The maximum atomic E-state index is 14.1. The number of benzene rings is 2. The zero-order valence-electron chi connectivity index (χ0n) is 30.8. The van der Waals surface area contributed by atoms with Crippen LogP contribution in [0.5, 0.6) is 5.75 Å². The van der Waals surface area contributed by atoms with Crippen LogP contribution in [0.3, 0.4) is 0 Å². The Kier molecular flexibility index (Phi) is 11.7. The first-order valence-corrected chi connectivity index (χ1v) is 19.2. The number of carbonyl (C=O) groups is 5. The molecular weight excluding hydrogens is 782 g/mol. The molecule has 5 heterocycles. The molecule has 18 heteroatoms. The number of nitrogens with two attached hydrogens (primary N) is 1. The monoisotopic (exact) mass is 820 g/mol. The number of carbonyl (C=O) groups excluding carboxylic acids is 5. The second kappa shape index (κ2) is 16.9. The molecule has 0 saturated carbocycles. The number of piperidine rings is 2. The highest BCUT2D eigenvalue weighted by Crippen LogP contribution is 2.37. The molecule has 57 heavy (non-hydrogen) atoms. The molecule has 4 aromatic rings. The highest BCUT2D eigenvalue weighted by molar-refractivity contribution is 6.36. The van der Waals surface area contributed by atoms with E-state index in [0.717, 1.165) is 10.5 Å². The molecule has 0 bridgehead atoms. The molecule has 7 rings (SSSR count). The second-order valence-corrected chi connectivity index (χ2v) is 14.7. The lowest BCUT2D eigenvalue weighted by Gasteiger charge is -2.32. The van der Waals surface area contributed by atoms with Crippen molar-refractivity contribution in [3.8, 4) is 16.9 Å². The molecule has 0 aliphatic carbocycles. The van der Waals surface area contributed by atoms with E-state index in [2.05, 4.69) is 20.7 Å². The largest absolute Gasteiger partial charge is 0.482 e. The fourth-order valence-electron chi connectivity index (χ4n) is 7.28. The Morgan fingerprint density at radius 3 is 2.61 bits per heavy atom. The summed E-state index contributed by atoms with van der Waals surface area (Å²) in [6.45, 7) is 3.57. The van der Waals surface area contributed by atoms with Crippen molar-refractivity contribution in [2.45, 2.75) is 57.2 Å². The topological polar surface area (TPSA) is 191 Å². The summed E-state index contributed by atoms with van der Waals surface area (Å²) < 4.78 is 27.8. The van der Waals surface area contributed by atoms with E-state index in [1.54, 1.807) is 37.5 Å². The van der Waals surface area contributed by atoms with Gasteiger partial charge in [-0.25, -0.2) is 9.37 Å². The molecule has 0 radical (unpaired) electrons. The third-order valence-corrected chi connectivity index (χ3v) is 11.0. The van der Waals surface area contributed by atoms with Crippen LogP contribution >= 0.6 is 23.2 Å². The molecule has 2 atom stereocenters. The van der Waals surface area contributed by atoms with E-state index in [1.165, 1.54) is 18.2 Å².